The SMILES string of the molecule is COC(=O)c1ccc2nc(OC(C)C)c[n+]([O-])c2c1. The van der Waals surface area contributed by atoms with E-state index in [4.69, 9.17) is 4.74 Å². The van der Waals surface area contributed by atoms with E-state index in [0.29, 0.717) is 21.3 Å². The number of nitrogens with zero attached hydrogens (tertiary/aromatic N) is 2. The summed E-state index contributed by atoms with van der Waals surface area (Å²) in [5.74, 6) is -0.243. The van der Waals surface area contributed by atoms with E-state index in [9.17, 15) is 10.0 Å². The first-order chi connectivity index (χ1) is 9.01. The number of benzene rings is 1. The first-order valence-electron chi connectivity index (χ1n) is 5.80. The number of carbonyl (C=O) groups is 1. The number of hydrogen-bond donors (Lipinski definition) is 0. The third-order valence-corrected chi connectivity index (χ3v) is 2.45. The van der Waals surface area contributed by atoms with Crippen LogP contribution in [-0.2, 0) is 4.74 Å². The van der Waals surface area contributed by atoms with Gasteiger partial charge in [0, 0.05) is 6.07 Å². The largest absolute Gasteiger partial charge is 0.618 e. The Morgan fingerprint density at radius 2 is 2.16 bits per heavy atom. The molecule has 0 aliphatic carbocycles. The standard InChI is InChI=1S/C13H14N2O4/c1-8(2)19-12-7-15(17)11-6-9(13(16)18-3)4-5-10(11)14-12/h4-8H,1-3H3. The summed E-state index contributed by atoms with van der Waals surface area (Å²) in [5.41, 5.74) is 1.05. The van der Waals surface area contributed by atoms with Crippen molar-refractivity contribution >= 4 is 17.0 Å². The minimum absolute atomic E-state index is 0.0701. The summed E-state index contributed by atoms with van der Waals surface area (Å²) in [4.78, 5) is 15.6. The summed E-state index contributed by atoms with van der Waals surface area (Å²) in [6.07, 6.45) is 1.17. The van der Waals surface area contributed by atoms with Gasteiger partial charge in [-0.05, 0) is 26.0 Å². The zero-order valence-corrected chi connectivity index (χ0v) is 10.9. The molecule has 0 atom stereocenters. The maximum absolute atomic E-state index is 11.9. The molecule has 0 spiro atoms. The van der Waals surface area contributed by atoms with Gasteiger partial charge in [-0.1, -0.05) is 0 Å². The lowest BCUT2D eigenvalue weighted by Gasteiger charge is -2.09. The van der Waals surface area contributed by atoms with E-state index in [1.165, 1.54) is 19.4 Å². The Bertz CT molecular complexity index is 625. The van der Waals surface area contributed by atoms with Crippen molar-refractivity contribution < 1.29 is 19.0 Å². The molecule has 2 rings (SSSR count). The maximum Gasteiger partial charge on any atom is 0.338 e. The Morgan fingerprint density at radius 1 is 1.42 bits per heavy atom. The van der Waals surface area contributed by atoms with Crippen LogP contribution in [0.15, 0.2) is 24.4 Å². The quantitative estimate of drug-likeness (QED) is 0.475. The first kappa shape index (κ1) is 13.1. The fourth-order valence-electron chi connectivity index (χ4n) is 1.66. The van der Waals surface area contributed by atoms with Crippen molar-refractivity contribution in [3.8, 4) is 5.88 Å². The van der Waals surface area contributed by atoms with Gasteiger partial charge in [-0.2, -0.15) is 4.73 Å². The molecule has 0 radical (unpaired) electrons. The topological polar surface area (TPSA) is 75.4 Å². The number of carbonyl (C=O) groups excluding carboxylic acids is 1. The minimum Gasteiger partial charge on any atom is -0.618 e. The van der Waals surface area contributed by atoms with Crippen molar-refractivity contribution in [2.24, 2.45) is 0 Å². The van der Waals surface area contributed by atoms with Crippen LogP contribution in [0, 0.1) is 5.21 Å². The lowest BCUT2D eigenvalue weighted by Crippen LogP contribution is -2.28. The van der Waals surface area contributed by atoms with Crippen LogP contribution in [-0.4, -0.2) is 24.2 Å². The number of fused-ring (bicyclic) bond motifs is 1. The second-order valence-electron chi connectivity index (χ2n) is 4.27. The van der Waals surface area contributed by atoms with Gasteiger partial charge in [0.15, 0.2) is 0 Å². The van der Waals surface area contributed by atoms with E-state index >= 15 is 0 Å². The van der Waals surface area contributed by atoms with E-state index in [-0.39, 0.29) is 12.0 Å². The van der Waals surface area contributed by atoms with Gasteiger partial charge in [-0.25, -0.2) is 9.78 Å². The van der Waals surface area contributed by atoms with Gasteiger partial charge >= 0.3 is 5.97 Å². The summed E-state index contributed by atoms with van der Waals surface area (Å²) in [6.45, 7) is 3.70. The molecule has 2 aromatic rings. The molecule has 1 aromatic carbocycles. The smallest absolute Gasteiger partial charge is 0.338 e. The molecule has 0 N–H and O–H groups in total. The molecule has 6 nitrogen and oxygen atoms in total. The molecule has 6 heteroatoms. The van der Waals surface area contributed by atoms with Gasteiger partial charge in [0.25, 0.3) is 5.88 Å². The summed E-state index contributed by atoms with van der Waals surface area (Å²) < 4.78 is 10.6. The fourth-order valence-corrected chi connectivity index (χ4v) is 1.66. The number of ether oxygens (including phenoxy) is 2. The van der Waals surface area contributed by atoms with Crippen molar-refractivity contribution in [1.29, 1.82) is 0 Å². The summed E-state index contributed by atoms with van der Waals surface area (Å²) in [7, 11) is 1.29. The number of rotatable bonds is 3. The molecular formula is C13H14N2O4. The fraction of sp³-hybridized carbons (Fsp3) is 0.308. The lowest BCUT2D eigenvalue weighted by atomic mass is 10.2. The molecule has 0 aliphatic heterocycles. The molecule has 0 amide bonds. The number of aromatic nitrogens is 2. The molecule has 0 fully saturated rings. The molecule has 0 unspecified atom stereocenters. The molecule has 0 aliphatic rings. The molecule has 19 heavy (non-hydrogen) atoms. The number of methoxy groups -OCH3 is 1. The van der Waals surface area contributed by atoms with E-state index in [1.54, 1.807) is 12.1 Å². The lowest BCUT2D eigenvalue weighted by molar-refractivity contribution is -0.578. The Kier molecular flexibility index (Phi) is 3.50. The highest BCUT2D eigenvalue weighted by molar-refractivity contribution is 5.92. The Hall–Kier alpha value is -2.37. The minimum atomic E-state index is -0.496. The summed E-state index contributed by atoms with van der Waals surface area (Å²) in [6, 6.07) is 4.59. The Balaban J connectivity index is 2.50. The highest BCUT2D eigenvalue weighted by Crippen LogP contribution is 2.15. The second kappa shape index (κ2) is 5.09. The van der Waals surface area contributed by atoms with Crippen LogP contribution in [0.1, 0.15) is 24.2 Å². The van der Waals surface area contributed by atoms with Crippen LogP contribution in [0.2, 0.25) is 0 Å². The van der Waals surface area contributed by atoms with Crippen LogP contribution >= 0.6 is 0 Å². The van der Waals surface area contributed by atoms with Gasteiger partial charge in [0.1, 0.15) is 5.52 Å². The normalized spacial score (nSPS) is 10.7. The second-order valence-corrected chi connectivity index (χ2v) is 4.27. The molecule has 1 aromatic heterocycles. The van der Waals surface area contributed by atoms with Crippen molar-refractivity contribution in [2.75, 3.05) is 7.11 Å². The van der Waals surface area contributed by atoms with Gasteiger partial charge in [0.2, 0.25) is 11.7 Å². The maximum atomic E-state index is 11.9. The van der Waals surface area contributed by atoms with Crippen LogP contribution in [0.3, 0.4) is 0 Å². The molecular weight excluding hydrogens is 248 g/mol. The molecule has 1 heterocycles. The Morgan fingerprint density at radius 3 is 2.79 bits per heavy atom. The van der Waals surface area contributed by atoms with E-state index < -0.39 is 5.97 Å². The zero-order chi connectivity index (χ0) is 14.0. The van der Waals surface area contributed by atoms with E-state index in [1.807, 2.05) is 13.8 Å². The number of esters is 1. The predicted molar refractivity (Wildman–Crippen MR) is 67.8 cm³/mol. The van der Waals surface area contributed by atoms with Gasteiger partial charge < -0.3 is 14.7 Å². The van der Waals surface area contributed by atoms with Crippen molar-refractivity contribution in [3.63, 3.8) is 0 Å². The zero-order valence-electron chi connectivity index (χ0n) is 10.9. The Labute approximate surface area is 110 Å². The van der Waals surface area contributed by atoms with Gasteiger partial charge in [-0.15, -0.1) is 0 Å². The predicted octanol–water partition coefficient (Wildman–Crippen LogP) is 1.44. The molecule has 0 bridgehead atoms. The van der Waals surface area contributed by atoms with E-state index in [0.717, 1.165) is 0 Å². The first-order valence-corrected chi connectivity index (χ1v) is 5.80. The van der Waals surface area contributed by atoms with Gasteiger partial charge in [0.05, 0.1) is 18.8 Å². The molecule has 0 saturated carbocycles. The van der Waals surface area contributed by atoms with E-state index in [2.05, 4.69) is 9.72 Å². The highest BCUT2D eigenvalue weighted by Gasteiger charge is 2.14. The van der Waals surface area contributed by atoms with Crippen molar-refractivity contribution in [1.82, 2.24) is 4.98 Å². The van der Waals surface area contributed by atoms with Crippen molar-refractivity contribution in [3.05, 3.63) is 35.2 Å². The van der Waals surface area contributed by atoms with Gasteiger partial charge in [-0.3, -0.25) is 0 Å². The van der Waals surface area contributed by atoms with Crippen LogP contribution in [0.5, 0.6) is 5.88 Å². The monoisotopic (exact) mass is 262 g/mol. The van der Waals surface area contributed by atoms with Crippen molar-refractivity contribution in [2.45, 2.75) is 20.0 Å². The highest BCUT2D eigenvalue weighted by atomic mass is 16.5. The number of hydrogen-bond acceptors (Lipinski definition) is 5. The van der Waals surface area contributed by atoms with Crippen LogP contribution < -0.4 is 9.47 Å². The summed E-state index contributed by atoms with van der Waals surface area (Å²) in [5, 5.41) is 11.9. The average molecular weight is 262 g/mol. The molecule has 0 saturated heterocycles. The van der Waals surface area contributed by atoms with Crippen LogP contribution in [0.4, 0.5) is 0 Å². The third kappa shape index (κ3) is 2.73. The van der Waals surface area contributed by atoms with Crippen LogP contribution in [0.25, 0.3) is 11.0 Å². The summed E-state index contributed by atoms with van der Waals surface area (Å²) >= 11 is 0. The third-order valence-electron chi connectivity index (χ3n) is 2.45. The molecule has 100 valence electrons. The average Bonchev–Trinajstić information content (AvgIpc) is 2.36.